The summed E-state index contributed by atoms with van der Waals surface area (Å²) in [7, 11) is 2.06. The molecule has 3 atom stereocenters. The van der Waals surface area contributed by atoms with Crippen molar-refractivity contribution in [3.63, 3.8) is 0 Å². The number of likely N-dealkylation sites (N-methyl/N-ethyl adjacent to an activating group) is 1. The molecule has 112 valence electrons. The number of carbonyl (C=O) groups is 1. The Kier molecular flexibility index (Phi) is 2.58. The minimum atomic E-state index is -0.852. The van der Waals surface area contributed by atoms with Gasteiger partial charge >= 0.3 is 0 Å². The number of carbonyl (C=O) groups excluding carboxylic acids is 1. The minimum absolute atomic E-state index is 0.0661. The quantitative estimate of drug-likeness (QED) is 0.757. The fourth-order valence-corrected chi connectivity index (χ4v) is 5.01. The Morgan fingerprint density at radius 3 is 2.95 bits per heavy atom. The van der Waals surface area contributed by atoms with Crippen molar-refractivity contribution in [2.45, 2.75) is 49.2 Å². The van der Waals surface area contributed by atoms with Gasteiger partial charge in [-0.2, -0.15) is 0 Å². The SMILES string of the molecule is CN1CCC23CC(=O)CCC2(O)C1Cc1ccc(O)cc13. The third-order valence-electron chi connectivity index (χ3n) is 6.11. The third-order valence-corrected chi connectivity index (χ3v) is 6.11. The molecular weight excluding hydrogens is 266 g/mol. The maximum absolute atomic E-state index is 12.1. The van der Waals surface area contributed by atoms with Crippen molar-refractivity contribution < 1.29 is 15.0 Å². The van der Waals surface area contributed by atoms with Crippen LogP contribution in [-0.2, 0) is 16.6 Å². The number of hydrogen-bond donors (Lipinski definition) is 2. The van der Waals surface area contributed by atoms with E-state index in [1.165, 1.54) is 5.56 Å². The molecule has 0 spiro atoms. The van der Waals surface area contributed by atoms with E-state index in [1.807, 2.05) is 6.07 Å². The molecule has 0 aromatic heterocycles. The van der Waals surface area contributed by atoms with Crippen molar-refractivity contribution in [2.24, 2.45) is 0 Å². The molecule has 0 amide bonds. The van der Waals surface area contributed by atoms with Crippen LogP contribution < -0.4 is 0 Å². The third kappa shape index (κ3) is 1.55. The van der Waals surface area contributed by atoms with Crippen molar-refractivity contribution in [2.75, 3.05) is 13.6 Å². The number of likely N-dealkylation sites (tertiary alicyclic amines) is 1. The van der Waals surface area contributed by atoms with E-state index in [4.69, 9.17) is 0 Å². The molecule has 21 heavy (non-hydrogen) atoms. The Morgan fingerprint density at radius 1 is 1.33 bits per heavy atom. The summed E-state index contributed by atoms with van der Waals surface area (Å²) in [5, 5.41) is 21.4. The van der Waals surface area contributed by atoms with Gasteiger partial charge in [0.1, 0.15) is 11.5 Å². The van der Waals surface area contributed by atoms with Gasteiger partial charge in [-0.3, -0.25) is 4.79 Å². The molecule has 1 aromatic rings. The van der Waals surface area contributed by atoms with E-state index in [1.54, 1.807) is 12.1 Å². The minimum Gasteiger partial charge on any atom is -0.508 e. The summed E-state index contributed by atoms with van der Waals surface area (Å²) in [5.74, 6) is 0.458. The number of Topliss-reactive ketones (excluding diaryl/α,β-unsaturated/α-hetero) is 1. The summed E-state index contributed by atoms with van der Waals surface area (Å²) in [6.07, 6.45) is 2.98. The first-order valence-electron chi connectivity index (χ1n) is 7.73. The predicted octanol–water partition coefficient (Wildman–Crippen LogP) is 1.37. The number of fused-ring (bicyclic) bond motifs is 1. The molecule has 1 aromatic carbocycles. The molecule has 1 aliphatic heterocycles. The highest BCUT2D eigenvalue weighted by atomic mass is 16.3. The number of nitrogens with zero attached hydrogens (tertiary/aromatic N) is 1. The van der Waals surface area contributed by atoms with Crippen molar-refractivity contribution in [3.8, 4) is 5.75 Å². The van der Waals surface area contributed by atoms with Crippen LogP contribution in [0, 0.1) is 0 Å². The van der Waals surface area contributed by atoms with Gasteiger partial charge in [0, 0.05) is 24.3 Å². The zero-order valence-electron chi connectivity index (χ0n) is 12.3. The molecule has 2 N–H and O–H groups in total. The van der Waals surface area contributed by atoms with E-state index in [9.17, 15) is 15.0 Å². The molecule has 1 saturated carbocycles. The first kappa shape index (κ1) is 13.3. The fourth-order valence-electron chi connectivity index (χ4n) is 5.01. The van der Waals surface area contributed by atoms with Crippen LogP contribution in [0.15, 0.2) is 18.2 Å². The van der Waals surface area contributed by atoms with Gasteiger partial charge in [-0.15, -0.1) is 0 Å². The Bertz CT molecular complexity index is 628. The number of phenolic OH excluding ortho intramolecular Hbond substituents is 1. The molecule has 4 heteroatoms. The Labute approximate surface area is 124 Å². The maximum Gasteiger partial charge on any atom is 0.134 e. The molecule has 0 radical (unpaired) electrons. The average molecular weight is 287 g/mol. The molecule has 3 aliphatic rings. The molecule has 2 bridgehead atoms. The second kappa shape index (κ2) is 4.08. The van der Waals surface area contributed by atoms with E-state index in [0.29, 0.717) is 19.3 Å². The lowest BCUT2D eigenvalue weighted by atomic mass is 9.49. The van der Waals surface area contributed by atoms with Crippen LogP contribution in [0.3, 0.4) is 0 Å². The smallest absolute Gasteiger partial charge is 0.134 e. The number of ketones is 1. The van der Waals surface area contributed by atoms with Crippen LogP contribution in [0.1, 0.15) is 36.8 Å². The van der Waals surface area contributed by atoms with E-state index in [0.717, 1.165) is 24.9 Å². The zero-order valence-corrected chi connectivity index (χ0v) is 12.3. The van der Waals surface area contributed by atoms with Gasteiger partial charge < -0.3 is 15.1 Å². The van der Waals surface area contributed by atoms with E-state index >= 15 is 0 Å². The molecule has 4 rings (SSSR count). The van der Waals surface area contributed by atoms with Gasteiger partial charge in [-0.1, -0.05) is 6.07 Å². The highest BCUT2D eigenvalue weighted by Gasteiger charge is 2.64. The van der Waals surface area contributed by atoms with Crippen molar-refractivity contribution >= 4 is 5.78 Å². The highest BCUT2D eigenvalue weighted by molar-refractivity contribution is 5.82. The number of aromatic hydroxyl groups is 1. The van der Waals surface area contributed by atoms with Gasteiger partial charge in [-0.05, 0) is 56.1 Å². The number of aliphatic hydroxyl groups is 1. The predicted molar refractivity (Wildman–Crippen MR) is 78.3 cm³/mol. The maximum atomic E-state index is 12.1. The first-order chi connectivity index (χ1) is 9.96. The van der Waals surface area contributed by atoms with E-state index in [-0.39, 0.29) is 17.6 Å². The molecular formula is C17H21NO3. The zero-order chi connectivity index (χ0) is 14.8. The largest absolute Gasteiger partial charge is 0.508 e. The lowest BCUT2D eigenvalue weighted by molar-refractivity contribution is -0.168. The second-order valence-corrected chi connectivity index (χ2v) is 7.01. The van der Waals surface area contributed by atoms with Gasteiger partial charge in [0.15, 0.2) is 0 Å². The van der Waals surface area contributed by atoms with Crippen molar-refractivity contribution in [3.05, 3.63) is 29.3 Å². The van der Waals surface area contributed by atoms with Crippen LogP contribution >= 0.6 is 0 Å². The Balaban J connectivity index is 1.98. The van der Waals surface area contributed by atoms with Gasteiger partial charge in [0.2, 0.25) is 0 Å². The molecule has 4 nitrogen and oxygen atoms in total. The van der Waals surface area contributed by atoms with E-state index < -0.39 is 11.0 Å². The van der Waals surface area contributed by atoms with Gasteiger partial charge in [0.25, 0.3) is 0 Å². The summed E-state index contributed by atoms with van der Waals surface area (Å²) in [4.78, 5) is 14.4. The van der Waals surface area contributed by atoms with Crippen LogP contribution in [0.25, 0.3) is 0 Å². The molecule has 2 fully saturated rings. The van der Waals surface area contributed by atoms with Gasteiger partial charge in [-0.25, -0.2) is 0 Å². The summed E-state index contributed by atoms with van der Waals surface area (Å²) in [6, 6.07) is 5.51. The topological polar surface area (TPSA) is 60.8 Å². The second-order valence-electron chi connectivity index (χ2n) is 7.01. The highest BCUT2D eigenvalue weighted by Crippen LogP contribution is 2.57. The molecule has 3 unspecified atom stereocenters. The van der Waals surface area contributed by atoms with E-state index in [2.05, 4.69) is 11.9 Å². The van der Waals surface area contributed by atoms with Gasteiger partial charge in [0.05, 0.1) is 5.60 Å². The number of rotatable bonds is 0. The summed E-state index contributed by atoms with van der Waals surface area (Å²) in [5.41, 5.74) is 0.812. The fraction of sp³-hybridized carbons (Fsp3) is 0.588. The van der Waals surface area contributed by atoms with Crippen molar-refractivity contribution in [1.29, 1.82) is 0 Å². The lowest BCUT2D eigenvalue weighted by Gasteiger charge is -2.62. The number of hydrogen-bond acceptors (Lipinski definition) is 4. The standard InChI is InChI=1S/C17H21NO3/c1-18-7-6-16-10-13(20)4-5-17(16,21)15(18)8-11-2-3-12(19)9-14(11)16/h2-3,9,15,19,21H,4-8,10H2,1H3. The average Bonchev–Trinajstić information content (AvgIpc) is 2.45. The van der Waals surface area contributed by atoms with Crippen molar-refractivity contribution in [1.82, 2.24) is 4.90 Å². The monoisotopic (exact) mass is 287 g/mol. The van der Waals surface area contributed by atoms with Crippen LogP contribution in [0.2, 0.25) is 0 Å². The molecule has 1 heterocycles. The number of benzene rings is 1. The Morgan fingerprint density at radius 2 is 2.14 bits per heavy atom. The van der Waals surface area contributed by atoms with Crippen LogP contribution in [0.4, 0.5) is 0 Å². The summed E-state index contributed by atoms with van der Waals surface area (Å²) >= 11 is 0. The first-order valence-corrected chi connectivity index (χ1v) is 7.73. The number of phenols is 1. The summed E-state index contributed by atoms with van der Waals surface area (Å²) in [6.45, 7) is 0.884. The molecule has 1 saturated heterocycles. The van der Waals surface area contributed by atoms with Crippen LogP contribution in [-0.4, -0.2) is 46.1 Å². The van der Waals surface area contributed by atoms with Crippen LogP contribution in [0.5, 0.6) is 5.75 Å². The Hall–Kier alpha value is -1.39. The number of piperidine rings is 1. The summed E-state index contributed by atoms with van der Waals surface area (Å²) < 4.78 is 0. The lowest BCUT2D eigenvalue weighted by Crippen LogP contribution is -2.72. The molecule has 2 aliphatic carbocycles. The normalized spacial score (nSPS) is 38.8.